The predicted molar refractivity (Wildman–Crippen MR) is 107 cm³/mol. The topological polar surface area (TPSA) is 83.1 Å². The first-order valence-electron chi connectivity index (χ1n) is 9.07. The first-order valence-corrected chi connectivity index (χ1v) is 9.07. The van der Waals surface area contributed by atoms with E-state index in [0.717, 1.165) is 47.2 Å². The van der Waals surface area contributed by atoms with Crippen LogP contribution in [0.15, 0.2) is 36.8 Å². The van der Waals surface area contributed by atoms with Crippen molar-refractivity contribution in [2.75, 3.05) is 39.1 Å². The molecule has 0 unspecified atom stereocenters. The molecule has 0 radical (unpaired) electrons. The van der Waals surface area contributed by atoms with Crippen molar-refractivity contribution >= 4 is 22.6 Å². The summed E-state index contributed by atoms with van der Waals surface area (Å²) in [5.74, 6) is -0.365. The van der Waals surface area contributed by atoms with Gasteiger partial charge in [0, 0.05) is 29.9 Å². The molecule has 3 rings (SSSR count). The molecule has 27 heavy (non-hydrogen) atoms. The summed E-state index contributed by atoms with van der Waals surface area (Å²) in [5, 5.41) is 11.2. The van der Waals surface area contributed by atoms with Crippen LogP contribution in [0.3, 0.4) is 0 Å². The van der Waals surface area contributed by atoms with Gasteiger partial charge in [-0.3, -0.25) is 10.1 Å². The van der Waals surface area contributed by atoms with Gasteiger partial charge >= 0.3 is 5.97 Å². The molecule has 0 spiro atoms. The summed E-state index contributed by atoms with van der Waals surface area (Å²) in [4.78, 5) is 19.0. The van der Waals surface area contributed by atoms with Gasteiger partial charge in [-0.25, -0.2) is 4.79 Å². The summed E-state index contributed by atoms with van der Waals surface area (Å²) in [6.07, 6.45) is 6.16. The third-order valence-corrected chi connectivity index (χ3v) is 4.28. The first-order chi connectivity index (χ1) is 13.1. The van der Waals surface area contributed by atoms with Crippen LogP contribution in [-0.2, 0) is 4.74 Å². The quantitative estimate of drug-likeness (QED) is 0.470. The highest BCUT2D eigenvalue weighted by atomic mass is 16.5. The number of H-pyrrole nitrogens is 1. The van der Waals surface area contributed by atoms with Gasteiger partial charge in [0.15, 0.2) is 0 Å². The van der Waals surface area contributed by atoms with Crippen LogP contribution in [0.1, 0.15) is 23.7 Å². The van der Waals surface area contributed by atoms with E-state index in [0.29, 0.717) is 12.2 Å². The van der Waals surface area contributed by atoms with Crippen LogP contribution in [0.25, 0.3) is 22.0 Å². The molecule has 0 aliphatic heterocycles. The Hall–Kier alpha value is -2.93. The number of hydrogen-bond donors (Lipinski definition) is 2. The molecule has 2 aromatic heterocycles. The molecule has 0 bridgehead atoms. The molecule has 0 saturated carbocycles. The van der Waals surface area contributed by atoms with E-state index in [2.05, 4.69) is 25.4 Å². The normalized spacial score (nSPS) is 11.1. The van der Waals surface area contributed by atoms with Crippen molar-refractivity contribution in [3.8, 4) is 11.1 Å². The van der Waals surface area contributed by atoms with E-state index in [9.17, 15) is 4.79 Å². The minimum absolute atomic E-state index is 0.325. The maximum Gasteiger partial charge on any atom is 0.341 e. The summed E-state index contributed by atoms with van der Waals surface area (Å²) >= 11 is 0. The third-order valence-electron chi connectivity index (χ3n) is 4.28. The lowest BCUT2D eigenvalue weighted by Gasteiger charge is -2.16. The van der Waals surface area contributed by atoms with Gasteiger partial charge in [-0.15, -0.1) is 0 Å². The molecule has 0 saturated heterocycles. The largest absolute Gasteiger partial charge is 0.462 e. The molecule has 2 N–H and O–H groups in total. The second kappa shape index (κ2) is 8.64. The first kappa shape index (κ1) is 18.8. The number of aromatic nitrogens is 3. The molecule has 7 nitrogen and oxygen atoms in total. The van der Waals surface area contributed by atoms with Crippen molar-refractivity contribution in [3.05, 3.63) is 42.4 Å². The number of ether oxygens (including phenoxy) is 1. The zero-order valence-electron chi connectivity index (χ0n) is 16.0. The predicted octanol–water partition coefficient (Wildman–Crippen LogP) is 3.17. The van der Waals surface area contributed by atoms with Gasteiger partial charge in [-0.05, 0) is 51.7 Å². The highest BCUT2D eigenvalue weighted by molar-refractivity contribution is 6.05. The van der Waals surface area contributed by atoms with Crippen LogP contribution >= 0.6 is 0 Å². The second-order valence-corrected chi connectivity index (χ2v) is 6.57. The van der Waals surface area contributed by atoms with Crippen LogP contribution < -0.4 is 5.32 Å². The number of rotatable bonds is 8. The maximum atomic E-state index is 12.4. The number of pyridine rings is 1. The fraction of sp³-hybridized carbons (Fsp3) is 0.350. The molecular weight excluding hydrogens is 342 g/mol. The van der Waals surface area contributed by atoms with Crippen LogP contribution in [-0.4, -0.2) is 59.8 Å². The van der Waals surface area contributed by atoms with Crippen molar-refractivity contribution in [1.29, 1.82) is 0 Å². The van der Waals surface area contributed by atoms with Crippen molar-refractivity contribution in [3.63, 3.8) is 0 Å². The van der Waals surface area contributed by atoms with Crippen molar-refractivity contribution in [2.45, 2.75) is 13.3 Å². The molecule has 1 aromatic carbocycles. The summed E-state index contributed by atoms with van der Waals surface area (Å²) in [7, 11) is 4.09. The van der Waals surface area contributed by atoms with Gasteiger partial charge in [0.25, 0.3) is 0 Å². The monoisotopic (exact) mass is 367 g/mol. The van der Waals surface area contributed by atoms with E-state index >= 15 is 0 Å². The zero-order chi connectivity index (χ0) is 19.2. The number of nitrogens with one attached hydrogen (secondary N) is 2. The molecule has 7 heteroatoms. The fourth-order valence-corrected chi connectivity index (χ4v) is 2.94. The van der Waals surface area contributed by atoms with Crippen LogP contribution in [0.2, 0.25) is 0 Å². The smallest absolute Gasteiger partial charge is 0.341 e. The van der Waals surface area contributed by atoms with E-state index < -0.39 is 0 Å². The Bertz CT molecular complexity index is 906. The molecule has 0 amide bonds. The number of carbonyl (C=O) groups is 1. The number of fused-ring (bicyclic) bond motifs is 1. The molecule has 0 atom stereocenters. The van der Waals surface area contributed by atoms with Gasteiger partial charge in [-0.1, -0.05) is 6.07 Å². The Morgan fingerprint density at radius 3 is 2.81 bits per heavy atom. The standard InChI is InChI=1S/C20H25N5O2/c1-4-27-20(26)17-13-22-18-7-6-14(15-11-23-24-12-15)10-16(18)19(17)21-8-5-9-25(2)3/h6-7,10-13H,4-5,8-9H2,1-3H3,(H,21,22)(H,23,24). The van der Waals surface area contributed by atoms with E-state index in [4.69, 9.17) is 4.74 Å². The molecule has 142 valence electrons. The number of aromatic amines is 1. The average molecular weight is 367 g/mol. The van der Waals surface area contributed by atoms with Gasteiger partial charge in [0.2, 0.25) is 0 Å². The highest BCUT2D eigenvalue weighted by Gasteiger charge is 2.17. The number of hydrogen-bond acceptors (Lipinski definition) is 6. The van der Waals surface area contributed by atoms with Crippen molar-refractivity contribution in [1.82, 2.24) is 20.1 Å². The Kier molecular flexibility index (Phi) is 6.03. The van der Waals surface area contributed by atoms with Crippen LogP contribution in [0.5, 0.6) is 0 Å². The Balaban J connectivity index is 2.01. The average Bonchev–Trinajstić information content (AvgIpc) is 3.19. The molecular formula is C20H25N5O2. The zero-order valence-corrected chi connectivity index (χ0v) is 16.0. The minimum Gasteiger partial charge on any atom is -0.462 e. The summed E-state index contributed by atoms with van der Waals surface area (Å²) in [6.45, 7) is 3.84. The van der Waals surface area contributed by atoms with Crippen molar-refractivity contribution in [2.24, 2.45) is 0 Å². The molecule has 0 fully saturated rings. The fourth-order valence-electron chi connectivity index (χ4n) is 2.94. The molecule has 0 aliphatic carbocycles. The van der Waals surface area contributed by atoms with Crippen LogP contribution in [0.4, 0.5) is 5.69 Å². The number of carbonyl (C=O) groups excluding carboxylic acids is 1. The second-order valence-electron chi connectivity index (χ2n) is 6.57. The highest BCUT2D eigenvalue weighted by Crippen LogP contribution is 2.30. The van der Waals surface area contributed by atoms with Gasteiger partial charge in [0.05, 0.1) is 24.0 Å². The van der Waals surface area contributed by atoms with Crippen LogP contribution in [0, 0.1) is 0 Å². The summed E-state index contributed by atoms with van der Waals surface area (Å²) in [6, 6.07) is 5.99. The summed E-state index contributed by atoms with van der Waals surface area (Å²) in [5.41, 5.74) is 4.04. The van der Waals surface area contributed by atoms with E-state index in [1.54, 1.807) is 19.3 Å². The number of anilines is 1. The number of nitrogens with zero attached hydrogens (tertiary/aromatic N) is 3. The van der Waals surface area contributed by atoms with Crippen molar-refractivity contribution < 1.29 is 9.53 Å². The van der Waals surface area contributed by atoms with E-state index in [-0.39, 0.29) is 5.97 Å². The lowest BCUT2D eigenvalue weighted by Crippen LogP contribution is -2.17. The number of esters is 1. The lowest BCUT2D eigenvalue weighted by atomic mass is 10.0. The lowest BCUT2D eigenvalue weighted by molar-refractivity contribution is 0.0527. The number of benzene rings is 1. The van der Waals surface area contributed by atoms with E-state index in [1.165, 1.54) is 0 Å². The molecule has 0 aliphatic rings. The third kappa shape index (κ3) is 4.43. The van der Waals surface area contributed by atoms with Gasteiger partial charge in [-0.2, -0.15) is 5.10 Å². The maximum absolute atomic E-state index is 12.4. The van der Waals surface area contributed by atoms with Gasteiger partial charge in [0.1, 0.15) is 5.56 Å². The minimum atomic E-state index is -0.365. The van der Waals surface area contributed by atoms with Gasteiger partial charge < -0.3 is 15.0 Å². The SMILES string of the molecule is CCOC(=O)c1cnc2ccc(-c3cn[nH]c3)cc2c1NCCCN(C)C. The molecule has 2 heterocycles. The van der Waals surface area contributed by atoms with E-state index in [1.807, 2.05) is 38.5 Å². The Morgan fingerprint density at radius 1 is 1.26 bits per heavy atom. The summed E-state index contributed by atoms with van der Waals surface area (Å²) < 4.78 is 5.22. The molecule has 3 aromatic rings. The Morgan fingerprint density at radius 2 is 2.11 bits per heavy atom. The Labute approximate surface area is 158 Å².